The van der Waals surface area contributed by atoms with Gasteiger partial charge in [0, 0.05) is 22.4 Å². The van der Waals surface area contributed by atoms with E-state index in [1.165, 1.54) is 23.4 Å². The predicted molar refractivity (Wildman–Crippen MR) is 99.3 cm³/mol. The number of hydrogen-bond acceptors (Lipinski definition) is 7. The second-order valence-corrected chi connectivity index (χ2v) is 6.62. The number of carbonyl (C=O) groups excluding carboxylic acids is 1. The zero-order chi connectivity index (χ0) is 18.4. The van der Waals surface area contributed by atoms with Crippen molar-refractivity contribution in [2.24, 2.45) is 0 Å². The van der Waals surface area contributed by atoms with Crippen LogP contribution in [-0.2, 0) is 16.9 Å². The van der Waals surface area contributed by atoms with E-state index in [9.17, 15) is 18.7 Å². The fourth-order valence-electron chi connectivity index (χ4n) is 2.43. The molecular formula is C15H18ClF2N3O3S2. The molecule has 1 N–H and O–H groups in total. The summed E-state index contributed by atoms with van der Waals surface area (Å²) >= 11 is 3.74. The highest BCUT2D eigenvalue weighted by Gasteiger charge is 2.34. The van der Waals surface area contributed by atoms with E-state index in [0.717, 1.165) is 6.07 Å². The molecule has 0 saturated heterocycles. The average Bonchev–Trinajstić information content (AvgIpc) is 3.05. The molecule has 0 aliphatic carbocycles. The van der Waals surface area contributed by atoms with Crippen molar-refractivity contribution >= 4 is 40.2 Å². The highest BCUT2D eigenvalue weighted by molar-refractivity contribution is 8.74. The van der Waals surface area contributed by atoms with Gasteiger partial charge in [-0.1, -0.05) is 17.7 Å². The Kier molecular flexibility index (Phi) is 8.81. The quantitative estimate of drug-likeness (QED) is 0.399. The van der Waals surface area contributed by atoms with E-state index < -0.39 is 28.6 Å². The molecule has 0 spiro atoms. The van der Waals surface area contributed by atoms with E-state index in [1.807, 2.05) is 0 Å². The summed E-state index contributed by atoms with van der Waals surface area (Å²) in [5.74, 6) is -1.60. The van der Waals surface area contributed by atoms with Gasteiger partial charge in [-0.25, -0.2) is 23.2 Å². The fraction of sp³-hybridized carbons (Fsp3) is 0.400. The standard InChI is InChI=1S/C15H17F2N3O3S2.ClH/c1-10(23-14(21)25-24)4-5-15(22,7-20-9-18-8-19-20)12-3-2-11(16)6-13(12)17;/h2-3,6,8-10,22,24H,4-5,7H2,1H3;1H/t10?,15-;/m0./s1. The lowest BCUT2D eigenvalue weighted by atomic mass is 9.87. The summed E-state index contributed by atoms with van der Waals surface area (Å²) in [7, 11) is 0.637. The van der Waals surface area contributed by atoms with Crippen LogP contribution in [-0.4, -0.2) is 31.3 Å². The summed E-state index contributed by atoms with van der Waals surface area (Å²) in [6.07, 6.45) is 2.46. The van der Waals surface area contributed by atoms with Gasteiger partial charge < -0.3 is 9.84 Å². The first kappa shape index (κ1) is 22.7. The van der Waals surface area contributed by atoms with Gasteiger partial charge >= 0.3 is 5.30 Å². The lowest BCUT2D eigenvalue weighted by molar-refractivity contribution is -0.00917. The Morgan fingerprint density at radius 2 is 2.23 bits per heavy atom. The fourth-order valence-corrected chi connectivity index (χ4v) is 2.77. The summed E-state index contributed by atoms with van der Waals surface area (Å²) in [4.78, 5) is 15.0. The molecule has 0 radical (unpaired) electrons. The topological polar surface area (TPSA) is 77.2 Å². The van der Waals surface area contributed by atoms with Crippen LogP contribution in [0.1, 0.15) is 25.3 Å². The summed E-state index contributed by atoms with van der Waals surface area (Å²) in [6, 6.07) is 2.98. The van der Waals surface area contributed by atoms with Gasteiger partial charge in [0.15, 0.2) is 0 Å². The number of ether oxygens (including phenoxy) is 1. The zero-order valence-electron chi connectivity index (χ0n) is 13.7. The van der Waals surface area contributed by atoms with E-state index in [4.69, 9.17) is 4.74 Å². The van der Waals surface area contributed by atoms with Crippen LogP contribution in [0.15, 0.2) is 30.9 Å². The maximum Gasteiger partial charge on any atom is 0.378 e. The third kappa shape index (κ3) is 6.11. The highest BCUT2D eigenvalue weighted by Crippen LogP contribution is 2.32. The molecule has 0 amide bonds. The molecule has 2 atom stereocenters. The van der Waals surface area contributed by atoms with Crippen LogP contribution in [0.3, 0.4) is 0 Å². The molecule has 11 heteroatoms. The summed E-state index contributed by atoms with van der Waals surface area (Å²) in [5.41, 5.74) is -1.74. The number of halogens is 3. The molecule has 0 aliphatic heterocycles. The molecule has 1 aromatic heterocycles. The van der Waals surface area contributed by atoms with Gasteiger partial charge in [-0.05, 0) is 25.8 Å². The first-order valence-electron chi connectivity index (χ1n) is 7.36. The molecule has 144 valence electrons. The minimum absolute atomic E-state index is 0. The number of carbonyl (C=O) groups is 1. The van der Waals surface area contributed by atoms with Crippen LogP contribution < -0.4 is 0 Å². The Hall–Kier alpha value is -1.36. The Bertz CT molecular complexity index is 724. The number of rotatable bonds is 7. The second kappa shape index (κ2) is 10.1. The van der Waals surface area contributed by atoms with Gasteiger partial charge in [0.25, 0.3) is 0 Å². The van der Waals surface area contributed by atoms with Crippen molar-refractivity contribution in [3.05, 3.63) is 48.1 Å². The van der Waals surface area contributed by atoms with Crippen molar-refractivity contribution in [1.29, 1.82) is 0 Å². The van der Waals surface area contributed by atoms with E-state index >= 15 is 0 Å². The van der Waals surface area contributed by atoms with Crippen molar-refractivity contribution in [3.8, 4) is 0 Å². The van der Waals surface area contributed by atoms with Gasteiger partial charge in [0.1, 0.15) is 36.0 Å². The van der Waals surface area contributed by atoms with Crippen LogP contribution in [0, 0.1) is 11.6 Å². The normalized spacial score (nSPS) is 14.2. The van der Waals surface area contributed by atoms with Gasteiger partial charge in [0.2, 0.25) is 0 Å². The average molecular weight is 426 g/mol. The molecule has 0 aliphatic rings. The monoisotopic (exact) mass is 425 g/mol. The highest BCUT2D eigenvalue weighted by atomic mass is 35.5. The number of nitrogens with zero attached hydrogens (tertiary/aromatic N) is 3. The van der Waals surface area contributed by atoms with E-state index in [0.29, 0.717) is 16.9 Å². The summed E-state index contributed by atoms with van der Waals surface area (Å²) in [5, 5.41) is 14.4. The third-order valence-corrected chi connectivity index (χ3v) is 4.35. The first-order chi connectivity index (χ1) is 11.8. The molecule has 2 aromatic rings. The molecule has 1 heterocycles. The molecule has 2 rings (SSSR count). The van der Waals surface area contributed by atoms with E-state index in [2.05, 4.69) is 21.7 Å². The van der Waals surface area contributed by atoms with Crippen LogP contribution >= 0.6 is 34.9 Å². The Morgan fingerprint density at radius 3 is 2.81 bits per heavy atom. The van der Waals surface area contributed by atoms with Crippen molar-refractivity contribution in [2.45, 2.75) is 38.0 Å². The lowest BCUT2D eigenvalue weighted by Crippen LogP contribution is -2.34. The van der Waals surface area contributed by atoms with Crippen molar-refractivity contribution in [1.82, 2.24) is 14.8 Å². The van der Waals surface area contributed by atoms with Gasteiger partial charge in [-0.3, -0.25) is 0 Å². The number of thiol groups is 1. The molecule has 1 aromatic carbocycles. The largest absolute Gasteiger partial charge is 0.454 e. The van der Waals surface area contributed by atoms with E-state index in [1.54, 1.807) is 6.92 Å². The minimum Gasteiger partial charge on any atom is -0.454 e. The van der Waals surface area contributed by atoms with Crippen LogP contribution in [0.25, 0.3) is 0 Å². The Labute approximate surface area is 164 Å². The predicted octanol–water partition coefficient (Wildman–Crippen LogP) is 3.75. The molecule has 0 fully saturated rings. The molecular weight excluding hydrogens is 408 g/mol. The number of aromatic nitrogens is 3. The van der Waals surface area contributed by atoms with Crippen LogP contribution in [0.4, 0.5) is 13.6 Å². The van der Waals surface area contributed by atoms with Crippen molar-refractivity contribution in [3.63, 3.8) is 0 Å². The minimum atomic E-state index is -1.68. The Balaban J connectivity index is 0.00000338. The molecule has 6 nitrogen and oxygen atoms in total. The van der Waals surface area contributed by atoms with Crippen LogP contribution in [0.2, 0.25) is 0 Å². The lowest BCUT2D eigenvalue weighted by Gasteiger charge is -2.30. The zero-order valence-corrected chi connectivity index (χ0v) is 16.2. The van der Waals surface area contributed by atoms with Crippen molar-refractivity contribution < 1.29 is 23.4 Å². The number of aliphatic hydroxyl groups is 1. The molecule has 26 heavy (non-hydrogen) atoms. The van der Waals surface area contributed by atoms with Crippen LogP contribution in [0.5, 0.6) is 0 Å². The summed E-state index contributed by atoms with van der Waals surface area (Å²) in [6.45, 7) is 1.57. The Morgan fingerprint density at radius 1 is 1.50 bits per heavy atom. The maximum atomic E-state index is 14.2. The summed E-state index contributed by atoms with van der Waals surface area (Å²) < 4.78 is 33.8. The molecule has 0 saturated carbocycles. The first-order valence-corrected chi connectivity index (χ1v) is 9.23. The van der Waals surface area contributed by atoms with Gasteiger partial charge in [-0.2, -0.15) is 5.10 Å². The van der Waals surface area contributed by atoms with Crippen molar-refractivity contribution in [2.75, 3.05) is 0 Å². The maximum absolute atomic E-state index is 14.2. The number of hydrogen-bond donors (Lipinski definition) is 2. The second-order valence-electron chi connectivity index (χ2n) is 5.56. The van der Waals surface area contributed by atoms with E-state index in [-0.39, 0.29) is 37.4 Å². The number of benzene rings is 1. The molecule has 0 bridgehead atoms. The van der Waals surface area contributed by atoms with Gasteiger partial charge in [-0.15, -0.1) is 12.4 Å². The SMILES string of the molecule is CC(CC[C@](O)(Cn1cncn1)c1ccc(F)cc1F)OC(=O)SS.Cl. The molecule has 1 unspecified atom stereocenters. The third-order valence-electron chi connectivity index (χ3n) is 3.66. The smallest absolute Gasteiger partial charge is 0.378 e. The van der Waals surface area contributed by atoms with Gasteiger partial charge in [0.05, 0.1) is 6.54 Å².